The van der Waals surface area contributed by atoms with Crippen molar-refractivity contribution in [1.29, 1.82) is 0 Å². The normalized spacial score (nSPS) is 12.5. The summed E-state index contributed by atoms with van der Waals surface area (Å²) < 4.78 is 63.9. The van der Waals surface area contributed by atoms with Crippen LogP contribution in [-0.2, 0) is 16.0 Å². The zero-order valence-electron chi connectivity index (χ0n) is 13.5. The summed E-state index contributed by atoms with van der Waals surface area (Å²) >= 11 is 7.40. The van der Waals surface area contributed by atoms with Gasteiger partial charge in [0.2, 0.25) is 0 Å². The molecule has 26 heavy (non-hydrogen) atoms. The highest BCUT2D eigenvalue weighted by Crippen LogP contribution is 2.39. The van der Waals surface area contributed by atoms with Crippen LogP contribution in [0.5, 0.6) is 0 Å². The quantitative estimate of drug-likeness (QED) is 0.600. The van der Waals surface area contributed by atoms with Crippen molar-refractivity contribution in [1.82, 2.24) is 9.55 Å². The molecule has 0 unspecified atom stereocenters. The van der Waals surface area contributed by atoms with Crippen LogP contribution in [0.25, 0.3) is 16.4 Å². The molecule has 0 saturated heterocycles. The Morgan fingerprint density at radius 1 is 1.19 bits per heavy atom. The number of thiophene rings is 1. The summed E-state index contributed by atoms with van der Waals surface area (Å²) in [6.45, 7) is 1.75. The Kier molecular flexibility index (Phi) is 4.66. The lowest BCUT2D eigenvalue weighted by atomic mass is 10.3. The largest absolute Gasteiger partial charge is 0.434 e. The lowest BCUT2D eigenvalue weighted by Crippen LogP contribution is -2.05. The van der Waals surface area contributed by atoms with Crippen molar-refractivity contribution < 1.29 is 21.6 Å². The average Bonchev–Trinajstić information content (AvgIpc) is 3.11. The molecule has 0 aliphatic rings. The van der Waals surface area contributed by atoms with Gasteiger partial charge in [0.05, 0.1) is 14.8 Å². The van der Waals surface area contributed by atoms with Crippen molar-refractivity contribution in [2.45, 2.75) is 18.0 Å². The molecule has 1 aromatic carbocycles. The smallest absolute Gasteiger partial charge is 0.298 e. The van der Waals surface area contributed by atoms with E-state index >= 15 is 0 Å². The Balaban J connectivity index is 2.20. The average molecular weight is 421 g/mol. The molecule has 138 valence electrons. The minimum Gasteiger partial charge on any atom is -0.298 e. The molecule has 4 nitrogen and oxygen atoms in total. The summed E-state index contributed by atoms with van der Waals surface area (Å²) in [6.07, 6.45) is -2.69. The first-order valence-corrected chi connectivity index (χ1v) is 10.3. The molecule has 10 heteroatoms. The van der Waals surface area contributed by atoms with Gasteiger partial charge in [0.15, 0.2) is 21.4 Å². The molecule has 0 amide bonds. The zero-order valence-corrected chi connectivity index (χ0v) is 15.9. The molecule has 3 rings (SSSR count). The second-order valence-electron chi connectivity index (χ2n) is 5.65. The van der Waals surface area contributed by atoms with Gasteiger partial charge in [0.25, 0.3) is 0 Å². The van der Waals surface area contributed by atoms with Crippen LogP contribution in [0.4, 0.5) is 13.2 Å². The standard InChI is InChI=1S/C16H12ClF3N2O2S2/c1-9-8-25-14(13(9)17)15-21-12(16(18,19)20)7-22(15)10-3-5-11(6-4-10)26(2,23)24/h3-8H,1-2H3. The van der Waals surface area contributed by atoms with Gasteiger partial charge in [0.1, 0.15) is 0 Å². The van der Waals surface area contributed by atoms with Gasteiger partial charge >= 0.3 is 6.18 Å². The SMILES string of the molecule is Cc1csc(-c2nc(C(F)(F)F)cn2-c2ccc(S(C)(=O)=O)cc2)c1Cl. The zero-order chi connectivity index (χ0) is 19.3. The molecule has 0 atom stereocenters. The Bertz CT molecular complexity index is 1070. The summed E-state index contributed by atoms with van der Waals surface area (Å²) in [6, 6.07) is 5.53. The third-order valence-corrected chi connectivity index (χ3v) is 6.46. The molecule has 2 heterocycles. The lowest BCUT2D eigenvalue weighted by molar-refractivity contribution is -0.140. The molecule has 0 radical (unpaired) electrons. The number of halogens is 4. The molecule has 0 aliphatic heterocycles. The second kappa shape index (κ2) is 6.40. The van der Waals surface area contributed by atoms with Crippen molar-refractivity contribution in [2.75, 3.05) is 6.26 Å². The lowest BCUT2D eigenvalue weighted by Gasteiger charge is -2.08. The van der Waals surface area contributed by atoms with Crippen LogP contribution in [0, 0.1) is 6.92 Å². The van der Waals surface area contributed by atoms with Gasteiger partial charge in [0, 0.05) is 18.1 Å². The number of nitrogens with zero attached hydrogens (tertiary/aromatic N) is 2. The minimum atomic E-state index is -4.62. The molecule has 3 aromatic rings. The van der Waals surface area contributed by atoms with Gasteiger partial charge in [-0.05, 0) is 42.1 Å². The van der Waals surface area contributed by atoms with Crippen LogP contribution in [0.2, 0.25) is 5.02 Å². The summed E-state index contributed by atoms with van der Waals surface area (Å²) in [5.74, 6) is 0.0486. The molecular formula is C16H12ClF3N2O2S2. The predicted octanol–water partition coefficient (Wildman–Crippen LogP) is 4.98. The number of benzene rings is 1. The summed E-state index contributed by atoms with van der Waals surface area (Å²) in [7, 11) is -3.41. The van der Waals surface area contributed by atoms with Gasteiger partial charge in [-0.3, -0.25) is 4.57 Å². The minimum absolute atomic E-state index is 0.0486. The Labute approximate surface area is 156 Å². The van der Waals surface area contributed by atoms with Crippen molar-refractivity contribution in [3.63, 3.8) is 0 Å². The van der Waals surface area contributed by atoms with Crippen LogP contribution in [0.15, 0.2) is 40.7 Å². The summed E-state index contributed by atoms with van der Waals surface area (Å²) in [5.41, 5.74) is 0.0292. The number of alkyl halides is 3. The van der Waals surface area contributed by atoms with E-state index in [1.54, 1.807) is 12.3 Å². The number of imidazole rings is 1. The number of aryl methyl sites for hydroxylation is 1. The van der Waals surface area contributed by atoms with E-state index in [0.717, 1.165) is 18.0 Å². The number of rotatable bonds is 3. The number of sulfone groups is 1. The van der Waals surface area contributed by atoms with Gasteiger partial charge in [-0.2, -0.15) is 13.2 Å². The third kappa shape index (κ3) is 3.51. The predicted molar refractivity (Wildman–Crippen MR) is 94.7 cm³/mol. The third-order valence-electron chi connectivity index (χ3n) is 3.64. The number of hydrogen-bond donors (Lipinski definition) is 0. The van der Waals surface area contributed by atoms with Crippen LogP contribution in [-0.4, -0.2) is 24.2 Å². The van der Waals surface area contributed by atoms with E-state index in [2.05, 4.69) is 4.98 Å². The molecule has 0 aliphatic carbocycles. The van der Waals surface area contributed by atoms with Gasteiger partial charge in [-0.1, -0.05) is 11.6 Å². The molecule has 0 fully saturated rings. The van der Waals surface area contributed by atoms with Crippen LogP contribution in [0.3, 0.4) is 0 Å². The van der Waals surface area contributed by atoms with Gasteiger partial charge in [-0.15, -0.1) is 11.3 Å². The molecule has 2 aromatic heterocycles. The fourth-order valence-corrected chi connectivity index (χ4v) is 4.20. The van der Waals surface area contributed by atoms with Crippen molar-refractivity contribution in [3.05, 3.63) is 52.1 Å². The maximum atomic E-state index is 13.2. The van der Waals surface area contributed by atoms with E-state index in [1.165, 1.54) is 40.2 Å². The number of aromatic nitrogens is 2. The maximum Gasteiger partial charge on any atom is 0.434 e. The van der Waals surface area contributed by atoms with E-state index in [4.69, 9.17) is 11.6 Å². The topological polar surface area (TPSA) is 52.0 Å². The van der Waals surface area contributed by atoms with Crippen molar-refractivity contribution >= 4 is 32.8 Å². The van der Waals surface area contributed by atoms with Crippen LogP contribution < -0.4 is 0 Å². The van der Waals surface area contributed by atoms with Crippen molar-refractivity contribution in [2.24, 2.45) is 0 Å². The van der Waals surface area contributed by atoms with E-state index in [1.807, 2.05) is 0 Å². The monoisotopic (exact) mass is 420 g/mol. The fourth-order valence-electron chi connectivity index (χ4n) is 2.31. The highest BCUT2D eigenvalue weighted by molar-refractivity contribution is 7.90. The molecular weight excluding hydrogens is 409 g/mol. The second-order valence-corrected chi connectivity index (χ2v) is 8.92. The molecule has 0 N–H and O–H groups in total. The Morgan fingerprint density at radius 3 is 2.27 bits per heavy atom. The van der Waals surface area contributed by atoms with Crippen molar-refractivity contribution in [3.8, 4) is 16.4 Å². The first kappa shape index (κ1) is 18.9. The molecule has 0 spiro atoms. The van der Waals surface area contributed by atoms with E-state index in [-0.39, 0.29) is 10.7 Å². The van der Waals surface area contributed by atoms with E-state index in [9.17, 15) is 21.6 Å². The summed E-state index contributed by atoms with van der Waals surface area (Å²) in [5, 5.41) is 2.07. The van der Waals surface area contributed by atoms with Gasteiger partial charge in [-0.25, -0.2) is 13.4 Å². The van der Waals surface area contributed by atoms with Gasteiger partial charge < -0.3 is 0 Å². The first-order chi connectivity index (χ1) is 12.0. The number of hydrogen-bond acceptors (Lipinski definition) is 4. The molecule has 0 bridgehead atoms. The Morgan fingerprint density at radius 2 is 1.81 bits per heavy atom. The maximum absolute atomic E-state index is 13.2. The van der Waals surface area contributed by atoms with Crippen LogP contribution in [0.1, 0.15) is 11.3 Å². The highest BCUT2D eigenvalue weighted by atomic mass is 35.5. The Hall–Kier alpha value is -1.84. The van der Waals surface area contributed by atoms with Crippen LogP contribution >= 0.6 is 22.9 Å². The first-order valence-electron chi connectivity index (χ1n) is 7.19. The molecule has 0 saturated carbocycles. The fraction of sp³-hybridized carbons (Fsp3) is 0.188. The van der Waals surface area contributed by atoms with E-state index < -0.39 is 21.7 Å². The van der Waals surface area contributed by atoms with E-state index in [0.29, 0.717) is 15.6 Å². The highest BCUT2D eigenvalue weighted by Gasteiger charge is 2.35. The summed E-state index contributed by atoms with van der Waals surface area (Å²) in [4.78, 5) is 4.20.